The Morgan fingerprint density at radius 2 is 1.83 bits per heavy atom. The van der Waals surface area contributed by atoms with E-state index in [1.54, 1.807) is 31.0 Å². The highest BCUT2D eigenvalue weighted by molar-refractivity contribution is 5.95. The largest absolute Gasteiger partial charge is 0.497 e. The van der Waals surface area contributed by atoms with Crippen LogP contribution in [0.5, 0.6) is 17.2 Å². The molecule has 7 nitrogen and oxygen atoms in total. The van der Waals surface area contributed by atoms with Gasteiger partial charge in [0.25, 0.3) is 0 Å². The number of aromatic nitrogens is 2. The van der Waals surface area contributed by atoms with Crippen LogP contribution >= 0.6 is 0 Å². The first-order chi connectivity index (χ1) is 17.5. The number of fused-ring (bicyclic) bond motifs is 1. The molecule has 0 saturated heterocycles. The molecular formula is C28H26FN3O4. The van der Waals surface area contributed by atoms with Gasteiger partial charge < -0.3 is 19.5 Å². The van der Waals surface area contributed by atoms with E-state index in [0.29, 0.717) is 22.9 Å². The third kappa shape index (κ3) is 4.37. The van der Waals surface area contributed by atoms with E-state index >= 15 is 0 Å². The number of aryl methyl sites for hydroxylation is 1. The molecule has 8 heteroatoms. The van der Waals surface area contributed by atoms with E-state index in [0.717, 1.165) is 28.3 Å². The Morgan fingerprint density at radius 3 is 2.56 bits per heavy atom. The highest BCUT2D eigenvalue weighted by Gasteiger charge is 2.35. The quantitative estimate of drug-likeness (QED) is 0.378. The molecule has 0 saturated carbocycles. The lowest BCUT2D eigenvalue weighted by molar-refractivity contribution is -0.116. The minimum absolute atomic E-state index is 0.124. The van der Waals surface area contributed by atoms with Crippen LogP contribution in [-0.4, -0.2) is 29.9 Å². The predicted octanol–water partition coefficient (Wildman–Crippen LogP) is 5.39. The molecule has 1 aliphatic rings. The smallest absolute Gasteiger partial charge is 0.226 e. The van der Waals surface area contributed by atoms with Crippen molar-refractivity contribution < 1.29 is 23.4 Å². The molecule has 1 amide bonds. The Morgan fingerprint density at radius 1 is 1.06 bits per heavy atom. The number of nitrogens with one attached hydrogen (secondary N) is 1. The lowest BCUT2D eigenvalue weighted by Gasteiger charge is -2.26. The number of amides is 1. The van der Waals surface area contributed by atoms with E-state index in [1.807, 2.05) is 49.4 Å². The van der Waals surface area contributed by atoms with Crippen LogP contribution in [0, 0.1) is 12.7 Å². The molecule has 1 aliphatic heterocycles. The van der Waals surface area contributed by atoms with Gasteiger partial charge in [-0.3, -0.25) is 4.79 Å². The van der Waals surface area contributed by atoms with E-state index in [9.17, 15) is 9.18 Å². The number of anilines is 1. The molecule has 3 aromatic carbocycles. The second-order valence-electron chi connectivity index (χ2n) is 8.56. The molecule has 2 heterocycles. The summed E-state index contributed by atoms with van der Waals surface area (Å²) in [4.78, 5) is 12.9. The van der Waals surface area contributed by atoms with Gasteiger partial charge in [-0.1, -0.05) is 24.3 Å². The topological polar surface area (TPSA) is 74.6 Å². The molecule has 1 atom stereocenters. The molecule has 184 valence electrons. The van der Waals surface area contributed by atoms with Gasteiger partial charge in [-0.2, -0.15) is 5.10 Å². The average Bonchev–Trinajstić information content (AvgIpc) is 3.22. The molecule has 36 heavy (non-hydrogen) atoms. The van der Waals surface area contributed by atoms with Crippen molar-refractivity contribution in [3.8, 4) is 22.9 Å². The van der Waals surface area contributed by atoms with Crippen molar-refractivity contribution in [3.05, 3.63) is 94.9 Å². The predicted molar refractivity (Wildman–Crippen MR) is 134 cm³/mol. The summed E-state index contributed by atoms with van der Waals surface area (Å²) in [5.74, 6) is 1.65. The number of rotatable bonds is 7. The molecule has 0 spiro atoms. The van der Waals surface area contributed by atoms with Crippen LogP contribution in [0.4, 0.5) is 10.2 Å². The van der Waals surface area contributed by atoms with Crippen LogP contribution in [0.25, 0.3) is 5.69 Å². The molecule has 0 fully saturated rings. The van der Waals surface area contributed by atoms with Crippen molar-refractivity contribution in [2.45, 2.75) is 25.9 Å². The zero-order valence-electron chi connectivity index (χ0n) is 20.2. The van der Waals surface area contributed by atoms with Crippen molar-refractivity contribution in [2.75, 3.05) is 19.5 Å². The van der Waals surface area contributed by atoms with Crippen LogP contribution in [0.15, 0.2) is 66.7 Å². The molecule has 5 rings (SSSR count). The zero-order chi connectivity index (χ0) is 25.2. The Bertz CT molecular complexity index is 1420. The van der Waals surface area contributed by atoms with Gasteiger partial charge in [0, 0.05) is 23.5 Å². The van der Waals surface area contributed by atoms with Crippen LogP contribution in [0.2, 0.25) is 0 Å². The summed E-state index contributed by atoms with van der Waals surface area (Å²) in [7, 11) is 3.18. The van der Waals surface area contributed by atoms with E-state index in [2.05, 4.69) is 5.32 Å². The summed E-state index contributed by atoms with van der Waals surface area (Å²) in [5.41, 5.74) is 4.00. The number of hydrogen-bond donors (Lipinski definition) is 1. The maximum atomic E-state index is 13.7. The molecule has 4 aromatic rings. The lowest BCUT2D eigenvalue weighted by atomic mass is 9.85. The molecule has 1 aromatic heterocycles. The molecule has 1 N–H and O–H groups in total. The molecule has 0 aliphatic carbocycles. The molecule has 0 unspecified atom stereocenters. The van der Waals surface area contributed by atoms with Crippen LogP contribution in [0.3, 0.4) is 0 Å². The SMILES string of the molecule is COc1ccc(-n2nc(C)c3c2NC(=O)C[C@H]3c2cccc(OC)c2OCc2cccc(F)c2)cc1. The number of halogens is 1. The first kappa shape index (κ1) is 23.4. The van der Waals surface area contributed by atoms with Gasteiger partial charge in [0.2, 0.25) is 5.91 Å². The number of para-hydroxylation sites is 1. The van der Waals surface area contributed by atoms with E-state index < -0.39 is 0 Å². The van der Waals surface area contributed by atoms with E-state index in [1.165, 1.54) is 12.1 Å². The first-order valence-electron chi connectivity index (χ1n) is 11.6. The standard InChI is InChI=1S/C28H26FN3O4/c1-17-26-23(15-25(33)30-28(26)32(31-17)20-10-12-21(34-2)13-11-20)22-8-5-9-24(35-3)27(22)36-16-18-6-4-7-19(29)14-18/h4-14,23H,15-16H2,1-3H3,(H,30,33)/t23-/m0/s1. The van der Waals surface area contributed by atoms with Gasteiger partial charge >= 0.3 is 0 Å². The zero-order valence-corrected chi connectivity index (χ0v) is 20.2. The second-order valence-corrected chi connectivity index (χ2v) is 8.56. The fourth-order valence-electron chi connectivity index (χ4n) is 4.63. The van der Waals surface area contributed by atoms with Gasteiger partial charge in [0.1, 0.15) is 24.0 Å². The van der Waals surface area contributed by atoms with Crippen molar-refractivity contribution in [2.24, 2.45) is 0 Å². The van der Waals surface area contributed by atoms with Crippen LogP contribution in [-0.2, 0) is 11.4 Å². The maximum Gasteiger partial charge on any atom is 0.226 e. The number of ether oxygens (including phenoxy) is 3. The fraction of sp³-hybridized carbons (Fsp3) is 0.214. The third-order valence-electron chi connectivity index (χ3n) is 6.30. The number of benzene rings is 3. The number of carbonyl (C=O) groups excluding carboxylic acids is 1. The van der Waals surface area contributed by atoms with Gasteiger partial charge in [-0.25, -0.2) is 9.07 Å². The van der Waals surface area contributed by atoms with Gasteiger partial charge in [0.05, 0.1) is 25.6 Å². The number of nitrogens with zero attached hydrogens (tertiary/aromatic N) is 2. The summed E-state index contributed by atoms with van der Waals surface area (Å²) in [5, 5.41) is 7.76. The summed E-state index contributed by atoms with van der Waals surface area (Å²) >= 11 is 0. The minimum Gasteiger partial charge on any atom is -0.497 e. The second kappa shape index (κ2) is 9.73. The number of carbonyl (C=O) groups is 1. The van der Waals surface area contributed by atoms with Crippen LogP contribution < -0.4 is 19.5 Å². The summed E-state index contributed by atoms with van der Waals surface area (Å²) in [6.07, 6.45) is 0.228. The molecule has 0 bridgehead atoms. The Hall–Kier alpha value is -4.33. The Labute approximate surface area is 208 Å². The third-order valence-corrected chi connectivity index (χ3v) is 6.30. The van der Waals surface area contributed by atoms with Crippen molar-refractivity contribution in [1.82, 2.24) is 9.78 Å². The van der Waals surface area contributed by atoms with Crippen molar-refractivity contribution in [1.29, 1.82) is 0 Å². The highest BCUT2D eigenvalue weighted by Crippen LogP contribution is 2.46. The lowest BCUT2D eigenvalue weighted by Crippen LogP contribution is -2.25. The van der Waals surface area contributed by atoms with Crippen molar-refractivity contribution in [3.63, 3.8) is 0 Å². The first-order valence-corrected chi connectivity index (χ1v) is 11.6. The number of methoxy groups -OCH3 is 2. The average molecular weight is 488 g/mol. The monoisotopic (exact) mass is 487 g/mol. The Kier molecular flexibility index (Phi) is 6.33. The van der Waals surface area contributed by atoms with E-state index in [-0.39, 0.29) is 30.7 Å². The van der Waals surface area contributed by atoms with Crippen molar-refractivity contribution >= 4 is 11.7 Å². The number of hydrogen-bond acceptors (Lipinski definition) is 5. The Balaban J connectivity index is 1.57. The van der Waals surface area contributed by atoms with Gasteiger partial charge in [-0.05, 0) is 55.0 Å². The summed E-state index contributed by atoms with van der Waals surface area (Å²) < 4.78 is 32.5. The minimum atomic E-state index is -0.327. The van der Waals surface area contributed by atoms with Gasteiger partial charge in [0.15, 0.2) is 11.5 Å². The van der Waals surface area contributed by atoms with Gasteiger partial charge in [-0.15, -0.1) is 0 Å². The van der Waals surface area contributed by atoms with E-state index in [4.69, 9.17) is 19.3 Å². The van der Waals surface area contributed by atoms with Crippen LogP contribution in [0.1, 0.15) is 34.7 Å². The molecular weight excluding hydrogens is 461 g/mol. The highest BCUT2D eigenvalue weighted by atomic mass is 19.1. The summed E-state index contributed by atoms with van der Waals surface area (Å²) in [6.45, 7) is 2.08. The summed E-state index contributed by atoms with van der Waals surface area (Å²) in [6, 6.07) is 19.4. The normalized spacial score (nSPS) is 14.7. The fourth-order valence-corrected chi connectivity index (χ4v) is 4.63. The maximum absolute atomic E-state index is 13.7. The molecule has 0 radical (unpaired) electrons.